The summed E-state index contributed by atoms with van der Waals surface area (Å²) in [6.07, 6.45) is 0. The average Bonchev–Trinajstić information content (AvgIpc) is 2.78. The van der Waals surface area contributed by atoms with E-state index in [1.165, 1.54) is 11.4 Å². The summed E-state index contributed by atoms with van der Waals surface area (Å²) in [7, 11) is -2.34. The minimum Gasteiger partial charge on any atom is -0.383 e. The molecule has 3 rings (SSSR count). The molecule has 0 fully saturated rings. The van der Waals surface area contributed by atoms with Gasteiger partial charge in [-0.1, -0.05) is 45.0 Å². The summed E-state index contributed by atoms with van der Waals surface area (Å²) in [5, 5.41) is 0.513. The molecule has 33 heavy (non-hydrogen) atoms. The zero-order valence-electron chi connectivity index (χ0n) is 20.2. The van der Waals surface area contributed by atoms with Crippen LogP contribution in [0.2, 0.25) is 0 Å². The third kappa shape index (κ3) is 5.03. The van der Waals surface area contributed by atoms with Crippen molar-refractivity contribution in [2.24, 2.45) is 0 Å². The maximum atomic E-state index is 13.7. The van der Waals surface area contributed by atoms with E-state index in [9.17, 15) is 13.2 Å². The average molecular weight is 472 g/mol. The third-order valence-corrected chi connectivity index (χ3v) is 7.84. The van der Waals surface area contributed by atoms with Crippen LogP contribution < -0.4 is 5.56 Å². The molecule has 0 spiro atoms. The van der Waals surface area contributed by atoms with Crippen LogP contribution in [0, 0.1) is 0 Å². The van der Waals surface area contributed by atoms with Crippen LogP contribution in [0.15, 0.2) is 58.2 Å². The Labute approximate surface area is 196 Å². The second-order valence-corrected chi connectivity index (χ2v) is 11.0. The summed E-state index contributed by atoms with van der Waals surface area (Å²) in [4.78, 5) is 18.0. The van der Waals surface area contributed by atoms with Crippen LogP contribution in [0.3, 0.4) is 0 Å². The fourth-order valence-electron chi connectivity index (χ4n) is 3.90. The highest BCUT2D eigenvalue weighted by Crippen LogP contribution is 2.29. The fraction of sp³-hybridized carbons (Fsp3) is 0.440. The normalized spacial score (nSPS) is 13.5. The van der Waals surface area contributed by atoms with E-state index in [0.717, 1.165) is 5.56 Å². The van der Waals surface area contributed by atoms with Gasteiger partial charge in [-0.2, -0.15) is 4.31 Å². The molecule has 178 valence electrons. The van der Waals surface area contributed by atoms with Gasteiger partial charge < -0.3 is 4.74 Å². The maximum Gasteiger partial charge on any atom is 0.261 e. The molecule has 1 aromatic heterocycles. The van der Waals surface area contributed by atoms with E-state index in [1.807, 2.05) is 25.1 Å². The van der Waals surface area contributed by atoms with Gasteiger partial charge in [0.25, 0.3) is 5.56 Å². The summed E-state index contributed by atoms with van der Waals surface area (Å²) in [6, 6.07) is 13.4. The number of ether oxygens (including phenoxy) is 1. The molecule has 0 N–H and O–H groups in total. The highest BCUT2D eigenvalue weighted by atomic mass is 32.2. The Morgan fingerprint density at radius 2 is 1.73 bits per heavy atom. The van der Waals surface area contributed by atoms with Gasteiger partial charge in [-0.05, 0) is 49.1 Å². The topological polar surface area (TPSA) is 81.5 Å². The molecule has 0 saturated heterocycles. The maximum absolute atomic E-state index is 13.7. The third-order valence-electron chi connectivity index (χ3n) is 5.86. The molecule has 0 aliphatic heterocycles. The minimum absolute atomic E-state index is 0.0858. The van der Waals surface area contributed by atoms with Crippen LogP contribution in [0.25, 0.3) is 10.9 Å². The zero-order chi connectivity index (χ0) is 24.4. The number of hydrogen-bond donors (Lipinski definition) is 0. The summed E-state index contributed by atoms with van der Waals surface area (Å²) in [6.45, 7) is 10.6. The van der Waals surface area contributed by atoms with Gasteiger partial charge in [0.1, 0.15) is 5.82 Å². The molecule has 0 aliphatic carbocycles. The predicted molar refractivity (Wildman–Crippen MR) is 131 cm³/mol. The van der Waals surface area contributed by atoms with E-state index in [1.54, 1.807) is 41.8 Å². The molecule has 8 heteroatoms. The summed E-state index contributed by atoms with van der Waals surface area (Å²) < 4.78 is 35.6. The van der Waals surface area contributed by atoms with Crippen molar-refractivity contribution in [3.8, 4) is 0 Å². The van der Waals surface area contributed by atoms with Crippen molar-refractivity contribution in [1.82, 2.24) is 13.9 Å². The Balaban J connectivity index is 2.12. The molecule has 0 radical (unpaired) electrons. The molecule has 1 heterocycles. The fourth-order valence-corrected chi connectivity index (χ4v) is 5.48. The largest absolute Gasteiger partial charge is 0.383 e. The van der Waals surface area contributed by atoms with E-state index in [-0.39, 0.29) is 29.0 Å². The molecular weight excluding hydrogens is 438 g/mol. The highest BCUT2D eigenvalue weighted by molar-refractivity contribution is 7.89. The van der Waals surface area contributed by atoms with Crippen LogP contribution in [-0.4, -0.2) is 42.5 Å². The van der Waals surface area contributed by atoms with Gasteiger partial charge in [-0.15, -0.1) is 0 Å². The van der Waals surface area contributed by atoms with Crippen LogP contribution >= 0.6 is 0 Å². The number of benzene rings is 2. The monoisotopic (exact) mass is 471 g/mol. The number of sulfonamides is 1. The van der Waals surface area contributed by atoms with Crippen LogP contribution in [0.4, 0.5) is 0 Å². The summed E-state index contributed by atoms with van der Waals surface area (Å²) in [5.41, 5.74) is 1.34. The smallest absolute Gasteiger partial charge is 0.261 e. The van der Waals surface area contributed by atoms with Crippen molar-refractivity contribution in [3.63, 3.8) is 0 Å². The van der Waals surface area contributed by atoms with Crippen molar-refractivity contribution >= 4 is 20.9 Å². The lowest BCUT2D eigenvalue weighted by Crippen LogP contribution is -2.39. The number of fused-ring (bicyclic) bond motifs is 1. The van der Waals surface area contributed by atoms with Crippen LogP contribution in [-0.2, 0) is 26.7 Å². The first-order valence-corrected chi connectivity index (χ1v) is 12.6. The quantitative estimate of drug-likeness (QED) is 0.494. The Morgan fingerprint density at radius 1 is 1.09 bits per heavy atom. The second-order valence-electron chi connectivity index (χ2n) is 9.10. The van der Waals surface area contributed by atoms with Gasteiger partial charge in [0.05, 0.1) is 28.4 Å². The molecule has 0 aliphatic rings. The van der Waals surface area contributed by atoms with Gasteiger partial charge in [-0.3, -0.25) is 9.36 Å². The molecule has 1 unspecified atom stereocenters. The first-order chi connectivity index (χ1) is 15.5. The van der Waals surface area contributed by atoms with Gasteiger partial charge in [0, 0.05) is 20.2 Å². The van der Waals surface area contributed by atoms with Gasteiger partial charge in [0.15, 0.2) is 0 Å². The van der Waals surface area contributed by atoms with Crippen molar-refractivity contribution in [3.05, 3.63) is 70.3 Å². The molecule has 7 nitrogen and oxygen atoms in total. The summed E-state index contributed by atoms with van der Waals surface area (Å²) in [5.74, 6) is 0.409. The highest BCUT2D eigenvalue weighted by Gasteiger charge is 2.32. The predicted octanol–water partition coefficient (Wildman–Crippen LogP) is 4.11. The van der Waals surface area contributed by atoms with E-state index in [2.05, 4.69) is 20.8 Å². The Bertz CT molecular complexity index is 1280. The van der Waals surface area contributed by atoms with Crippen LogP contribution in [0.1, 0.15) is 52.0 Å². The zero-order valence-corrected chi connectivity index (χ0v) is 21.0. The van der Waals surface area contributed by atoms with E-state index < -0.39 is 16.1 Å². The van der Waals surface area contributed by atoms with Crippen molar-refractivity contribution in [2.75, 3.05) is 20.3 Å². The molecule has 2 aromatic carbocycles. The lowest BCUT2D eigenvalue weighted by molar-refractivity contribution is 0.166. The molecule has 3 aromatic rings. The van der Waals surface area contributed by atoms with Crippen molar-refractivity contribution in [2.45, 2.75) is 57.5 Å². The molecule has 0 amide bonds. The number of aromatic nitrogens is 2. The number of hydrogen-bond acceptors (Lipinski definition) is 5. The first kappa shape index (κ1) is 25.1. The number of rotatable bonds is 8. The van der Waals surface area contributed by atoms with Crippen LogP contribution in [0.5, 0.6) is 0 Å². The minimum atomic E-state index is -3.88. The Morgan fingerprint density at radius 3 is 2.30 bits per heavy atom. The molecule has 0 bridgehead atoms. The molecule has 1 atom stereocenters. The lowest BCUT2D eigenvalue weighted by Gasteiger charge is -2.29. The Kier molecular flexibility index (Phi) is 7.41. The summed E-state index contributed by atoms with van der Waals surface area (Å²) >= 11 is 0. The lowest BCUT2D eigenvalue weighted by atomic mass is 9.87. The number of para-hydroxylation sites is 1. The first-order valence-electron chi connectivity index (χ1n) is 11.1. The van der Waals surface area contributed by atoms with Crippen molar-refractivity contribution in [1.29, 1.82) is 0 Å². The number of nitrogens with zero attached hydrogens (tertiary/aromatic N) is 3. The van der Waals surface area contributed by atoms with E-state index >= 15 is 0 Å². The second kappa shape index (κ2) is 9.75. The SMILES string of the molecule is CCn1c(C(C)N(CCOC)S(=O)(=O)c2ccc(C(C)(C)C)cc2)nc2ccccc2c1=O. The van der Waals surface area contributed by atoms with E-state index in [0.29, 0.717) is 23.3 Å². The van der Waals surface area contributed by atoms with Crippen molar-refractivity contribution < 1.29 is 13.2 Å². The Hall–Kier alpha value is -2.55. The van der Waals surface area contributed by atoms with E-state index in [4.69, 9.17) is 9.72 Å². The van der Waals surface area contributed by atoms with Gasteiger partial charge in [-0.25, -0.2) is 13.4 Å². The molecule has 0 saturated carbocycles. The van der Waals surface area contributed by atoms with Gasteiger partial charge >= 0.3 is 0 Å². The van der Waals surface area contributed by atoms with Gasteiger partial charge in [0.2, 0.25) is 10.0 Å². The standard InChI is InChI=1S/C25H33N3O4S/c1-7-27-23(26-22-11-9-8-10-21(22)24(27)29)18(2)28(16-17-32-6)33(30,31)20-14-12-19(13-15-20)25(3,4)5/h8-15,18H,7,16-17H2,1-6H3. The number of methoxy groups -OCH3 is 1. The molecular formula is C25H33N3O4S.